The van der Waals surface area contributed by atoms with Gasteiger partial charge in [-0.05, 0) is 18.2 Å². The van der Waals surface area contributed by atoms with Crippen LogP contribution < -0.4 is 56.5 Å². The Morgan fingerprint density at radius 1 is 0.600 bits per heavy atom. The summed E-state index contributed by atoms with van der Waals surface area (Å²) in [7, 11) is 0. The Labute approximate surface area is 184 Å². The fourth-order valence-electron chi connectivity index (χ4n) is 1.70. The molecule has 0 aromatic heterocycles. The molecule has 3 N–H and O–H groups in total. The summed E-state index contributed by atoms with van der Waals surface area (Å²) in [5, 5.41) is 36.0. The molecule has 0 amide bonds. The summed E-state index contributed by atoms with van der Waals surface area (Å²) in [4.78, 5) is 41.7. The fraction of sp³-hybridized carbons (Fsp3) is 0. The van der Waals surface area contributed by atoms with E-state index >= 15 is 0 Å². The molecule has 8 nitrogen and oxygen atoms in total. The van der Waals surface area contributed by atoms with Gasteiger partial charge in [0.2, 0.25) is 0 Å². The second-order valence-electron chi connectivity index (χ2n) is 4.29. The van der Waals surface area contributed by atoms with E-state index in [2.05, 4.69) is 0 Å². The Hall–Kier alpha value is -2.04. The van der Waals surface area contributed by atoms with Crippen LogP contribution in [0, 0.1) is 0 Å². The van der Waals surface area contributed by atoms with Gasteiger partial charge in [0, 0.05) is 5.56 Å². The van der Waals surface area contributed by atoms with Crippen molar-refractivity contribution in [2.24, 2.45) is 0 Å². The molecule has 0 radical (unpaired) electrons. The average molecular weight is 370 g/mol. The number of carboxylic acid groups (broad SMARTS) is 4. The monoisotopic (exact) mass is 370 g/mol. The van der Waals surface area contributed by atoms with Crippen molar-refractivity contribution in [2.45, 2.75) is 0 Å². The van der Waals surface area contributed by atoms with Crippen molar-refractivity contribution in [3.8, 4) is 0 Å². The first-order valence-corrected chi connectivity index (χ1v) is 6.35. The van der Waals surface area contributed by atoms with E-state index in [1.54, 1.807) is 0 Å². The Balaban J connectivity index is 0.000000443. The molecule has 0 aliphatic heterocycles. The van der Waals surface area contributed by atoms with Crippen molar-refractivity contribution in [1.29, 1.82) is 0 Å². The Bertz CT molecular complexity index is 667. The molecule has 2 rings (SSSR count). The summed E-state index contributed by atoms with van der Waals surface area (Å²) in [5.74, 6) is -5.20. The minimum absolute atomic E-state index is 0. The second-order valence-corrected chi connectivity index (χ2v) is 4.29. The predicted octanol–water partition coefficient (Wildman–Crippen LogP) is -2.16. The Kier molecular flexibility index (Phi) is 9.87. The third kappa shape index (κ3) is 6.76. The molecule has 0 fully saturated rings. The molecule has 0 aliphatic rings. The molecule has 25 heavy (non-hydrogen) atoms. The molecule has 0 heterocycles. The molecular weight excluding hydrogens is 359 g/mol. The molecule has 2 aromatic rings. The van der Waals surface area contributed by atoms with Crippen LogP contribution in [0.2, 0.25) is 0 Å². The van der Waals surface area contributed by atoms with E-state index in [1.165, 1.54) is 48.5 Å². The van der Waals surface area contributed by atoms with Crippen molar-refractivity contribution in [3.63, 3.8) is 0 Å². The minimum atomic E-state index is -1.48. The summed E-state index contributed by atoms with van der Waals surface area (Å²) >= 11 is 0. The van der Waals surface area contributed by atoms with Gasteiger partial charge in [-0.1, -0.05) is 30.3 Å². The molecule has 124 valence electrons. The maximum atomic E-state index is 10.5. The average Bonchev–Trinajstić information content (AvgIpc) is 2.55. The van der Waals surface area contributed by atoms with E-state index in [-0.39, 0.29) is 73.6 Å². The number of hydrogen-bond donors (Lipinski definition) is 3. The van der Waals surface area contributed by atoms with Crippen LogP contribution in [0.15, 0.2) is 48.5 Å². The normalized spacial score (nSPS) is 8.96. The molecule has 2 aromatic carbocycles. The third-order valence-corrected chi connectivity index (χ3v) is 2.77. The SMILES string of the molecule is O=C(O)c1ccccc1C(=O)O.O=C([O-])c1ccccc1C(=O)O.[K+]. The van der Waals surface area contributed by atoms with Crippen molar-refractivity contribution in [3.05, 3.63) is 70.8 Å². The molecule has 0 atom stereocenters. The standard InChI is InChI=1S/2C8H6O4.K/c2*9-7(10)5-3-1-2-4-6(5)8(11)12;/h2*1-4H,(H,9,10)(H,11,12);/q;;+1/p-1. The summed E-state index contributed by atoms with van der Waals surface area (Å²) < 4.78 is 0. The first-order valence-electron chi connectivity index (χ1n) is 6.35. The number of benzene rings is 2. The number of carbonyl (C=O) groups is 4. The summed E-state index contributed by atoms with van der Waals surface area (Å²) in [6.45, 7) is 0. The molecule has 0 saturated heterocycles. The van der Waals surface area contributed by atoms with Crippen LogP contribution in [0.4, 0.5) is 0 Å². The minimum Gasteiger partial charge on any atom is -0.545 e. The number of rotatable bonds is 4. The van der Waals surface area contributed by atoms with Crippen LogP contribution in [0.5, 0.6) is 0 Å². The molecule has 0 bridgehead atoms. The van der Waals surface area contributed by atoms with Gasteiger partial charge in [0.05, 0.1) is 22.7 Å². The van der Waals surface area contributed by atoms with Gasteiger partial charge in [-0.3, -0.25) is 0 Å². The third-order valence-electron chi connectivity index (χ3n) is 2.77. The van der Waals surface area contributed by atoms with Gasteiger partial charge in [0.1, 0.15) is 0 Å². The van der Waals surface area contributed by atoms with Gasteiger partial charge in [0.15, 0.2) is 0 Å². The van der Waals surface area contributed by atoms with Gasteiger partial charge in [-0.25, -0.2) is 14.4 Å². The second kappa shape index (κ2) is 10.7. The maximum Gasteiger partial charge on any atom is 1.00 e. The van der Waals surface area contributed by atoms with Gasteiger partial charge in [0.25, 0.3) is 0 Å². The number of aromatic carboxylic acids is 4. The molecule has 0 unspecified atom stereocenters. The van der Waals surface area contributed by atoms with Crippen LogP contribution >= 0.6 is 0 Å². The van der Waals surface area contributed by atoms with E-state index < -0.39 is 23.9 Å². The van der Waals surface area contributed by atoms with Crippen LogP contribution in [0.25, 0.3) is 0 Å². The first-order chi connectivity index (χ1) is 11.3. The Morgan fingerprint density at radius 3 is 1.04 bits per heavy atom. The first kappa shape index (κ1) is 23.0. The van der Waals surface area contributed by atoms with E-state index in [0.717, 1.165) is 0 Å². The fourth-order valence-corrected chi connectivity index (χ4v) is 1.70. The zero-order valence-electron chi connectivity index (χ0n) is 13.0. The largest absolute Gasteiger partial charge is 1.00 e. The Morgan fingerprint density at radius 2 is 0.840 bits per heavy atom. The zero-order chi connectivity index (χ0) is 18.3. The molecular formula is C16H11KO8. The summed E-state index contributed by atoms with van der Waals surface area (Å²) in [6.07, 6.45) is 0. The van der Waals surface area contributed by atoms with Crippen LogP contribution in [0.3, 0.4) is 0 Å². The molecule has 0 aliphatic carbocycles. The van der Waals surface area contributed by atoms with Gasteiger partial charge < -0.3 is 25.2 Å². The van der Waals surface area contributed by atoms with Gasteiger partial charge >= 0.3 is 69.3 Å². The van der Waals surface area contributed by atoms with E-state index in [4.69, 9.17) is 15.3 Å². The van der Waals surface area contributed by atoms with Crippen LogP contribution in [-0.2, 0) is 0 Å². The number of hydrogen-bond acceptors (Lipinski definition) is 5. The van der Waals surface area contributed by atoms with Crippen molar-refractivity contribution >= 4 is 23.9 Å². The number of carboxylic acids is 4. The maximum absolute atomic E-state index is 10.5. The predicted molar refractivity (Wildman–Crippen MR) is 78.1 cm³/mol. The molecule has 0 saturated carbocycles. The van der Waals surface area contributed by atoms with E-state index in [9.17, 15) is 24.3 Å². The molecule has 9 heteroatoms. The summed E-state index contributed by atoms with van der Waals surface area (Å²) in [5.41, 5.74) is -0.933. The number of carbonyl (C=O) groups excluding carboxylic acids is 1. The quantitative estimate of drug-likeness (QED) is 0.515. The van der Waals surface area contributed by atoms with E-state index in [1.807, 2.05) is 0 Å². The van der Waals surface area contributed by atoms with Crippen molar-refractivity contribution in [2.75, 3.05) is 0 Å². The van der Waals surface area contributed by atoms with Crippen molar-refractivity contribution < 1.29 is 91.0 Å². The zero-order valence-corrected chi connectivity index (χ0v) is 16.1. The van der Waals surface area contributed by atoms with Crippen LogP contribution in [0.1, 0.15) is 41.4 Å². The smallest absolute Gasteiger partial charge is 0.545 e. The van der Waals surface area contributed by atoms with Crippen molar-refractivity contribution in [1.82, 2.24) is 0 Å². The van der Waals surface area contributed by atoms with Gasteiger partial charge in [-0.15, -0.1) is 0 Å². The van der Waals surface area contributed by atoms with Crippen LogP contribution in [-0.4, -0.2) is 39.2 Å². The molecule has 0 spiro atoms. The van der Waals surface area contributed by atoms with E-state index in [0.29, 0.717) is 0 Å². The summed E-state index contributed by atoms with van der Waals surface area (Å²) in [6, 6.07) is 10.8. The topological polar surface area (TPSA) is 152 Å². The van der Waals surface area contributed by atoms with Gasteiger partial charge in [-0.2, -0.15) is 0 Å².